The first-order valence-corrected chi connectivity index (χ1v) is 7.61. The van der Waals surface area contributed by atoms with Crippen molar-refractivity contribution in [3.63, 3.8) is 0 Å². The second kappa shape index (κ2) is 7.39. The van der Waals surface area contributed by atoms with E-state index in [-0.39, 0.29) is 11.5 Å². The summed E-state index contributed by atoms with van der Waals surface area (Å²) in [5, 5.41) is 10.9. The summed E-state index contributed by atoms with van der Waals surface area (Å²) in [7, 11) is 1.32. The fourth-order valence-electron chi connectivity index (χ4n) is 2.30. The fraction of sp³-hybridized carbons (Fsp3) is 0.111. The van der Waals surface area contributed by atoms with Gasteiger partial charge in [0.25, 0.3) is 5.56 Å². The van der Waals surface area contributed by atoms with Crippen molar-refractivity contribution in [3.8, 4) is 0 Å². The van der Waals surface area contributed by atoms with Crippen LogP contribution in [0.25, 0.3) is 0 Å². The minimum Gasteiger partial charge on any atom is -0.465 e. The lowest BCUT2D eigenvalue weighted by atomic mass is 10.1. The number of hydrogen-bond acceptors (Lipinski definition) is 6. The van der Waals surface area contributed by atoms with Crippen molar-refractivity contribution < 1.29 is 9.53 Å². The zero-order valence-electron chi connectivity index (χ0n) is 13.5. The number of nitrogens with zero attached hydrogens (tertiary/aromatic N) is 2. The molecule has 0 saturated heterocycles. The van der Waals surface area contributed by atoms with Crippen molar-refractivity contribution in [3.05, 3.63) is 81.8 Å². The van der Waals surface area contributed by atoms with Crippen LogP contribution in [0.4, 0.5) is 11.6 Å². The minimum absolute atomic E-state index is 0.198. The first kappa shape index (κ1) is 16.4. The van der Waals surface area contributed by atoms with Gasteiger partial charge in [0.1, 0.15) is 5.69 Å². The maximum Gasteiger partial charge on any atom is 0.337 e. The number of H-pyrrole nitrogens is 1. The van der Waals surface area contributed by atoms with Gasteiger partial charge in [-0.1, -0.05) is 36.4 Å². The SMILES string of the molecule is COC(=O)c1cccc(Nc2nnc(Cc3ccccc3)c(=O)[nH]2)c1. The summed E-state index contributed by atoms with van der Waals surface area (Å²) < 4.78 is 4.68. The first-order chi connectivity index (χ1) is 12.2. The fourth-order valence-corrected chi connectivity index (χ4v) is 2.30. The summed E-state index contributed by atoms with van der Waals surface area (Å²) in [6.45, 7) is 0. The van der Waals surface area contributed by atoms with Gasteiger partial charge in [-0.3, -0.25) is 9.78 Å². The molecule has 0 unspecified atom stereocenters. The van der Waals surface area contributed by atoms with E-state index in [1.54, 1.807) is 24.3 Å². The third-order valence-electron chi connectivity index (χ3n) is 3.53. The van der Waals surface area contributed by atoms with Crippen LogP contribution in [-0.2, 0) is 11.2 Å². The van der Waals surface area contributed by atoms with Gasteiger partial charge >= 0.3 is 5.97 Å². The maximum atomic E-state index is 12.2. The highest BCUT2D eigenvalue weighted by Gasteiger charge is 2.08. The van der Waals surface area contributed by atoms with E-state index >= 15 is 0 Å². The van der Waals surface area contributed by atoms with Crippen LogP contribution >= 0.6 is 0 Å². The molecule has 2 aromatic carbocycles. The van der Waals surface area contributed by atoms with Gasteiger partial charge in [-0.15, -0.1) is 10.2 Å². The Morgan fingerprint density at radius 2 is 1.92 bits per heavy atom. The topological polar surface area (TPSA) is 97.0 Å². The predicted molar refractivity (Wildman–Crippen MR) is 93.0 cm³/mol. The summed E-state index contributed by atoms with van der Waals surface area (Å²) in [6, 6.07) is 16.2. The summed E-state index contributed by atoms with van der Waals surface area (Å²) in [4.78, 5) is 26.4. The Bertz CT molecular complexity index is 938. The van der Waals surface area contributed by atoms with E-state index in [2.05, 4.69) is 25.2 Å². The molecular formula is C18H16N4O3. The maximum absolute atomic E-state index is 12.2. The third-order valence-corrected chi connectivity index (χ3v) is 3.53. The van der Waals surface area contributed by atoms with Crippen LogP contribution in [-0.4, -0.2) is 28.3 Å². The molecular weight excluding hydrogens is 320 g/mol. The normalized spacial score (nSPS) is 10.3. The van der Waals surface area contributed by atoms with Gasteiger partial charge in [-0.2, -0.15) is 0 Å². The number of carbonyl (C=O) groups is 1. The highest BCUT2D eigenvalue weighted by atomic mass is 16.5. The van der Waals surface area contributed by atoms with Crippen molar-refractivity contribution in [2.45, 2.75) is 6.42 Å². The molecule has 25 heavy (non-hydrogen) atoms. The number of esters is 1. The Morgan fingerprint density at radius 1 is 1.12 bits per heavy atom. The summed E-state index contributed by atoms with van der Waals surface area (Å²) in [5.74, 6) is -0.245. The number of ether oxygens (including phenoxy) is 1. The molecule has 3 rings (SSSR count). The quantitative estimate of drug-likeness (QED) is 0.694. The van der Waals surface area contributed by atoms with Gasteiger partial charge in [0, 0.05) is 12.1 Å². The van der Waals surface area contributed by atoms with Crippen molar-refractivity contribution >= 4 is 17.6 Å². The van der Waals surface area contributed by atoms with Crippen LogP contribution in [0.2, 0.25) is 0 Å². The summed E-state index contributed by atoms with van der Waals surface area (Å²) in [5.41, 5.74) is 1.98. The van der Waals surface area contributed by atoms with E-state index in [1.165, 1.54) is 7.11 Å². The summed E-state index contributed by atoms with van der Waals surface area (Å²) >= 11 is 0. The van der Waals surface area contributed by atoms with Crippen molar-refractivity contribution in [1.82, 2.24) is 15.2 Å². The molecule has 0 spiro atoms. The van der Waals surface area contributed by atoms with Gasteiger partial charge < -0.3 is 10.1 Å². The zero-order chi connectivity index (χ0) is 17.6. The molecule has 0 aliphatic heterocycles. The van der Waals surface area contributed by atoms with Crippen LogP contribution in [0.5, 0.6) is 0 Å². The molecule has 2 N–H and O–H groups in total. The molecule has 0 radical (unpaired) electrons. The predicted octanol–water partition coefficient (Wildman–Crippen LogP) is 2.29. The van der Waals surface area contributed by atoms with Gasteiger partial charge in [-0.05, 0) is 23.8 Å². The number of carbonyl (C=O) groups excluding carboxylic acids is 1. The molecule has 7 nitrogen and oxygen atoms in total. The molecule has 0 amide bonds. The largest absolute Gasteiger partial charge is 0.465 e. The van der Waals surface area contributed by atoms with Crippen LogP contribution in [0.3, 0.4) is 0 Å². The Morgan fingerprint density at radius 3 is 2.64 bits per heavy atom. The smallest absolute Gasteiger partial charge is 0.337 e. The van der Waals surface area contributed by atoms with E-state index in [0.717, 1.165) is 5.56 Å². The van der Waals surface area contributed by atoms with E-state index in [9.17, 15) is 9.59 Å². The Hall–Kier alpha value is -3.48. The Balaban J connectivity index is 1.77. The second-order valence-electron chi connectivity index (χ2n) is 5.31. The van der Waals surface area contributed by atoms with Gasteiger partial charge in [-0.25, -0.2) is 4.79 Å². The Labute approximate surface area is 143 Å². The van der Waals surface area contributed by atoms with Crippen molar-refractivity contribution in [1.29, 1.82) is 0 Å². The van der Waals surface area contributed by atoms with Crippen LogP contribution < -0.4 is 10.9 Å². The highest BCUT2D eigenvalue weighted by Crippen LogP contribution is 2.14. The minimum atomic E-state index is -0.443. The average Bonchev–Trinajstić information content (AvgIpc) is 2.64. The zero-order valence-corrected chi connectivity index (χ0v) is 13.5. The molecule has 1 heterocycles. The number of nitrogens with one attached hydrogen (secondary N) is 2. The lowest BCUT2D eigenvalue weighted by molar-refractivity contribution is 0.0601. The van der Waals surface area contributed by atoms with Gasteiger partial charge in [0.05, 0.1) is 12.7 Å². The van der Waals surface area contributed by atoms with Gasteiger partial charge in [0.2, 0.25) is 5.95 Å². The van der Waals surface area contributed by atoms with E-state index < -0.39 is 5.97 Å². The molecule has 1 aromatic heterocycles. The number of anilines is 2. The number of benzene rings is 2. The average molecular weight is 336 g/mol. The third kappa shape index (κ3) is 4.08. The standard InChI is InChI=1S/C18H16N4O3/c1-25-17(24)13-8-5-9-14(11-13)19-18-20-16(23)15(21-22-18)10-12-6-3-2-4-7-12/h2-9,11H,10H2,1H3,(H2,19,20,22,23). The molecule has 0 saturated carbocycles. The monoisotopic (exact) mass is 336 g/mol. The molecule has 0 bridgehead atoms. The highest BCUT2D eigenvalue weighted by molar-refractivity contribution is 5.90. The number of aromatic nitrogens is 3. The van der Waals surface area contributed by atoms with Crippen LogP contribution in [0.1, 0.15) is 21.6 Å². The van der Waals surface area contributed by atoms with Gasteiger partial charge in [0.15, 0.2) is 0 Å². The van der Waals surface area contributed by atoms with Crippen molar-refractivity contribution in [2.24, 2.45) is 0 Å². The molecule has 0 aliphatic carbocycles. The first-order valence-electron chi connectivity index (χ1n) is 7.61. The molecule has 0 atom stereocenters. The number of rotatable bonds is 5. The molecule has 126 valence electrons. The van der Waals surface area contributed by atoms with E-state index in [0.29, 0.717) is 23.4 Å². The lowest BCUT2D eigenvalue weighted by Crippen LogP contribution is -2.18. The summed E-state index contributed by atoms with van der Waals surface area (Å²) in [6.07, 6.45) is 0.404. The number of hydrogen-bond donors (Lipinski definition) is 2. The molecule has 0 aliphatic rings. The number of aromatic amines is 1. The molecule has 3 aromatic rings. The van der Waals surface area contributed by atoms with Crippen LogP contribution in [0, 0.1) is 0 Å². The lowest BCUT2D eigenvalue weighted by Gasteiger charge is -2.07. The second-order valence-corrected chi connectivity index (χ2v) is 5.31. The molecule has 0 fully saturated rings. The van der Waals surface area contributed by atoms with E-state index in [4.69, 9.17) is 0 Å². The molecule has 7 heteroatoms. The number of methoxy groups -OCH3 is 1. The Kier molecular flexibility index (Phi) is 4.84. The van der Waals surface area contributed by atoms with Crippen molar-refractivity contribution in [2.75, 3.05) is 12.4 Å². The van der Waals surface area contributed by atoms with E-state index in [1.807, 2.05) is 30.3 Å². The van der Waals surface area contributed by atoms with Crippen LogP contribution in [0.15, 0.2) is 59.4 Å².